The van der Waals surface area contributed by atoms with E-state index in [0.29, 0.717) is 5.92 Å². The third-order valence-corrected chi connectivity index (χ3v) is 7.81. The number of hydrogen-bond acceptors (Lipinski definition) is 1. The van der Waals surface area contributed by atoms with Gasteiger partial charge in [0.25, 0.3) is 0 Å². The quantitative estimate of drug-likeness (QED) is 0.308. The van der Waals surface area contributed by atoms with Crippen molar-refractivity contribution in [2.24, 2.45) is 23.7 Å². The van der Waals surface area contributed by atoms with Gasteiger partial charge in [-0.3, -0.25) is 0 Å². The average Bonchev–Trinajstić information content (AvgIpc) is 2.98. The maximum atomic E-state index is 4.97. The van der Waals surface area contributed by atoms with Crippen molar-refractivity contribution in [1.29, 1.82) is 0 Å². The molecule has 1 aliphatic heterocycles. The summed E-state index contributed by atoms with van der Waals surface area (Å²) in [4.78, 5) is 1.58. The molecule has 0 aromatic heterocycles. The number of hydrogen-bond donors (Lipinski definition) is 0. The molecule has 5 atom stereocenters. The summed E-state index contributed by atoms with van der Waals surface area (Å²) in [6.07, 6.45) is 0. The molecule has 26 heavy (non-hydrogen) atoms. The molecular formula is C21H31Cl3STi. The van der Waals surface area contributed by atoms with Crippen molar-refractivity contribution in [3.8, 4) is 0 Å². The molecular weight excluding hydrogens is 439 g/mol. The molecule has 0 radical (unpaired) electrons. The van der Waals surface area contributed by atoms with Crippen LogP contribution >= 0.6 is 39.7 Å². The van der Waals surface area contributed by atoms with E-state index >= 15 is 0 Å². The standard InChI is InChI=1S/C20H28S.CH3.3ClH.Ti/c1-11(2)16-9-7-8-10-17(16)19-15(6)18-13(4)12(3)14(5)20(18)21-19;;;;;/h7-14,18,20H,1-6H3;1H3;3*1H;/q;-1;;;;+4/p-3. The van der Waals surface area contributed by atoms with Crippen molar-refractivity contribution in [3.63, 3.8) is 0 Å². The van der Waals surface area contributed by atoms with Crippen LogP contribution in [0.2, 0.25) is 0 Å². The van der Waals surface area contributed by atoms with Gasteiger partial charge in [-0.2, -0.15) is 0 Å². The normalized spacial score (nSPS) is 29.8. The van der Waals surface area contributed by atoms with Crippen LogP contribution in [0.5, 0.6) is 0 Å². The number of fused-ring (bicyclic) bond motifs is 1. The Morgan fingerprint density at radius 3 is 2.00 bits per heavy atom. The molecule has 0 saturated heterocycles. The van der Waals surface area contributed by atoms with Crippen LogP contribution in [0, 0.1) is 31.1 Å². The Morgan fingerprint density at radius 1 is 0.962 bits per heavy atom. The molecule has 0 bridgehead atoms. The van der Waals surface area contributed by atoms with Crippen LogP contribution in [0.15, 0.2) is 29.8 Å². The minimum absolute atomic E-state index is 0. The summed E-state index contributed by atoms with van der Waals surface area (Å²) >= 11 is 0.253. The molecule has 5 heteroatoms. The molecule has 1 aromatic carbocycles. The van der Waals surface area contributed by atoms with Crippen LogP contribution in [-0.2, 0) is 14.7 Å². The number of benzene rings is 1. The van der Waals surface area contributed by atoms with Crippen molar-refractivity contribution in [2.45, 2.75) is 52.7 Å². The number of rotatable bonds is 2. The van der Waals surface area contributed by atoms with E-state index in [0.717, 1.165) is 28.9 Å². The van der Waals surface area contributed by atoms with Crippen LogP contribution in [0.25, 0.3) is 4.91 Å². The molecule has 0 N–H and O–H groups in total. The molecule has 1 heterocycles. The van der Waals surface area contributed by atoms with Crippen LogP contribution in [0.4, 0.5) is 0 Å². The molecule has 2 aliphatic rings. The van der Waals surface area contributed by atoms with Crippen molar-refractivity contribution >= 4 is 44.6 Å². The second-order valence-corrected chi connectivity index (χ2v) is 16.6. The Kier molecular flexibility index (Phi) is 10.2. The summed E-state index contributed by atoms with van der Waals surface area (Å²) in [7, 11) is 14.9. The van der Waals surface area contributed by atoms with Gasteiger partial charge in [-0.15, -0.1) is 11.8 Å². The van der Waals surface area contributed by atoms with Gasteiger partial charge in [-0.05, 0) is 47.6 Å². The summed E-state index contributed by atoms with van der Waals surface area (Å²) in [6.45, 7) is 14.4. The van der Waals surface area contributed by atoms with E-state index in [1.54, 1.807) is 10.5 Å². The van der Waals surface area contributed by atoms with Crippen molar-refractivity contribution in [1.82, 2.24) is 0 Å². The molecule has 1 fully saturated rings. The molecule has 0 amide bonds. The Labute approximate surface area is 182 Å². The van der Waals surface area contributed by atoms with Gasteiger partial charge in [0, 0.05) is 10.2 Å². The molecule has 3 rings (SSSR count). The third-order valence-electron chi connectivity index (χ3n) is 6.04. The van der Waals surface area contributed by atoms with Gasteiger partial charge in [0.15, 0.2) is 0 Å². The van der Waals surface area contributed by atoms with Crippen molar-refractivity contribution in [2.75, 3.05) is 0 Å². The first-order chi connectivity index (χ1) is 11.7. The predicted octanol–water partition coefficient (Wildman–Crippen LogP) is 8.71. The fourth-order valence-corrected chi connectivity index (χ4v) is 6.38. The van der Waals surface area contributed by atoms with Crippen LogP contribution < -0.4 is 0 Å². The van der Waals surface area contributed by atoms with Crippen LogP contribution in [-0.4, -0.2) is 5.25 Å². The van der Waals surface area contributed by atoms with E-state index in [1.165, 1.54) is 11.1 Å². The summed E-state index contributed by atoms with van der Waals surface area (Å²) in [5, 5.41) is 0.796. The summed E-state index contributed by atoms with van der Waals surface area (Å²) in [5.74, 6) is 3.88. The van der Waals surface area contributed by atoms with Gasteiger partial charge < -0.3 is 7.43 Å². The summed E-state index contributed by atoms with van der Waals surface area (Å²) in [6, 6.07) is 9.03. The van der Waals surface area contributed by atoms with Crippen molar-refractivity contribution < 1.29 is 14.7 Å². The first kappa shape index (κ1) is 24.9. The molecule has 1 saturated carbocycles. The predicted molar refractivity (Wildman–Crippen MR) is 119 cm³/mol. The molecule has 1 aliphatic carbocycles. The number of allylic oxidation sites excluding steroid dienone is 1. The fourth-order valence-electron chi connectivity index (χ4n) is 4.42. The van der Waals surface area contributed by atoms with Gasteiger partial charge in [-0.1, -0.05) is 64.5 Å². The molecule has 146 valence electrons. The van der Waals surface area contributed by atoms with E-state index in [4.69, 9.17) is 27.9 Å². The zero-order chi connectivity index (χ0) is 18.9. The average molecular weight is 470 g/mol. The number of thioether (sulfide) groups is 1. The first-order valence-corrected chi connectivity index (χ1v) is 16.3. The topological polar surface area (TPSA) is 0 Å². The third kappa shape index (κ3) is 5.28. The van der Waals surface area contributed by atoms with Crippen LogP contribution in [0.3, 0.4) is 0 Å². The maximum absolute atomic E-state index is 4.97. The fraction of sp³-hybridized carbons (Fsp3) is 0.571. The van der Waals surface area contributed by atoms with E-state index in [2.05, 4.69) is 77.6 Å². The summed E-state index contributed by atoms with van der Waals surface area (Å²) in [5.41, 5.74) is 4.66. The zero-order valence-corrected chi connectivity index (χ0v) is 21.5. The Morgan fingerprint density at radius 2 is 1.50 bits per heavy atom. The van der Waals surface area contributed by atoms with E-state index in [9.17, 15) is 0 Å². The van der Waals surface area contributed by atoms with Gasteiger partial charge in [-0.25, -0.2) is 0 Å². The second kappa shape index (κ2) is 10.6. The number of halogens is 3. The molecule has 0 spiro atoms. The zero-order valence-electron chi connectivity index (χ0n) is 16.8. The van der Waals surface area contributed by atoms with Gasteiger partial charge in [0.2, 0.25) is 0 Å². The Bertz CT molecular complexity index is 627. The minimum atomic E-state index is -1.92. The Hall–Kier alpha value is 0.894. The first-order valence-electron chi connectivity index (χ1n) is 8.96. The molecule has 5 unspecified atom stereocenters. The second-order valence-electron chi connectivity index (χ2n) is 7.65. The van der Waals surface area contributed by atoms with Gasteiger partial charge in [0.05, 0.1) is 0 Å². The monoisotopic (exact) mass is 468 g/mol. The van der Waals surface area contributed by atoms with Gasteiger partial charge in [0.1, 0.15) is 0 Å². The molecule has 0 nitrogen and oxygen atoms in total. The van der Waals surface area contributed by atoms with Crippen LogP contribution in [0.1, 0.15) is 58.6 Å². The van der Waals surface area contributed by atoms with E-state index in [-0.39, 0.29) is 7.43 Å². The van der Waals surface area contributed by atoms with Crippen molar-refractivity contribution in [3.05, 3.63) is 48.4 Å². The van der Waals surface area contributed by atoms with E-state index in [1.807, 2.05) is 0 Å². The SMILES string of the molecule is CC1=C(c2ccccc2C(C)C)SC2C(C)C(C)C(C)C12.[CH3-].[Cl][Ti+]([Cl])[Cl]. The Balaban J connectivity index is 0.000000616. The summed E-state index contributed by atoms with van der Waals surface area (Å²) < 4.78 is 0. The van der Waals surface area contributed by atoms with Gasteiger partial charge >= 0.3 is 42.6 Å². The van der Waals surface area contributed by atoms with E-state index < -0.39 is 14.7 Å². The molecule has 1 aromatic rings.